The average molecular weight is 488 g/mol. The van der Waals surface area contributed by atoms with E-state index in [0.29, 0.717) is 45.2 Å². The molecule has 1 N–H and O–H groups in total. The van der Waals surface area contributed by atoms with Crippen LogP contribution < -0.4 is 14.8 Å². The number of nitrogens with one attached hydrogen (secondary N) is 1. The van der Waals surface area contributed by atoms with Crippen LogP contribution in [0.1, 0.15) is 24.4 Å². The second-order valence-electron chi connectivity index (χ2n) is 8.62. The van der Waals surface area contributed by atoms with Gasteiger partial charge in [0.05, 0.1) is 24.7 Å². The first-order chi connectivity index (χ1) is 16.5. The minimum absolute atomic E-state index is 0.131. The fourth-order valence-electron chi connectivity index (χ4n) is 4.69. The lowest BCUT2D eigenvalue weighted by molar-refractivity contribution is -0.117. The average Bonchev–Trinajstić information content (AvgIpc) is 3.32. The fourth-order valence-corrected chi connectivity index (χ4v) is 6.10. The number of ether oxygens (including phenoxy) is 3. The van der Waals surface area contributed by atoms with Gasteiger partial charge in [-0.1, -0.05) is 6.07 Å². The minimum Gasteiger partial charge on any atom is -0.486 e. The van der Waals surface area contributed by atoms with Gasteiger partial charge in [-0.25, -0.2) is 8.42 Å². The molecular formula is C24H29N3O6S. The van der Waals surface area contributed by atoms with Gasteiger partial charge in [0.1, 0.15) is 13.2 Å². The molecule has 2 aromatic rings. The third-order valence-corrected chi connectivity index (χ3v) is 8.32. The van der Waals surface area contributed by atoms with Gasteiger partial charge in [0, 0.05) is 24.8 Å². The van der Waals surface area contributed by atoms with Crippen LogP contribution in [0.15, 0.2) is 47.4 Å². The molecule has 0 aromatic heterocycles. The van der Waals surface area contributed by atoms with E-state index in [1.54, 1.807) is 12.1 Å². The second-order valence-corrected chi connectivity index (χ2v) is 10.6. The number of benzene rings is 2. The van der Waals surface area contributed by atoms with E-state index >= 15 is 0 Å². The summed E-state index contributed by atoms with van der Waals surface area (Å²) < 4.78 is 43.5. The summed E-state index contributed by atoms with van der Waals surface area (Å²) in [5, 5.41) is 2.90. The summed E-state index contributed by atoms with van der Waals surface area (Å²) in [6.45, 7) is 3.69. The van der Waals surface area contributed by atoms with E-state index in [0.717, 1.165) is 36.4 Å². The van der Waals surface area contributed by atoms with E-state index in [1.807, 2.05) is 18.2 Å². The zero-order valence-corrected chi connectivity index (χ0v) is 19.8. The van der Waals surface area contributed by atoms with Gasteiger partial charge in [-0.05, 0) is 61.3 Å². The van der Waals surface area contributed by atoms with Crippen LogP contribution in [0.3, 0.4) is 0 Å². The Kier molecular flexibility index (Phi) is 6.73. The van der Waals surface area contributed by atoms with E-state index in [9.17, 15) is 13.2 Å². The zero-order chi connectivity index (χ0) is 23.5. The van der Waals surface area contributed by atoms with Crippen molar-refractivity contribution in [2.75, 3.05) is 57.9 Å². The quantitative estimate of drug-likeness (QED) is 0.668. The number of morpholine rings is 1. The number of hydrogen-bond donors (Lipinski definition) is 1. The van der Waals surface area contributed by atoms with Gasteiger partial charge in [0.25, 0.3) is 0 Å². The first-order valence-corrected chi connectivity index (χ1v) is 13.1. The molecule has 3 aliphatic heterocycles. The molecule has 182 valence electrons. The number of amides is 1. The SMILES string of the molecule is O=C(CN1CCC[C@H]1c1ccc2c(c1)OCCO2)Nc1ccc(S(=O)(=O)N2CCOCC2)cc1. The molecule has 0 bridgehead atoms. The van der Waals surface area contributed by atoms with Gasteiger partial charge >= 0.3 is 0 Å². The van der Waals surface area contributed by atoms with E-state index in [1.165, 1.54) is 16.4 Å². The van der Waals surface area contributed by atoms with Crippen molar-refractivity contribution in [2.45, 2.75) is 23.8 Å². The van der Waals surface area contributed by atoms with Crippen LogP contribution in [0, 0.1) is 0 Å². The largest absolute Gasteiger partial charge is 0.486 e. The Balaban J connectivity index is 1.21. The lowest BCUT2D eigenvalue weighted by Gasteiger charge is -2.26. The third kappa shape index (κ3) is 4.90. The highest BCUT2D eigenvalue weighted by atomic mass is 32.2. The van der Waals surface area contributed by atoms with Gasteiger partial charge in [0.15, 0.2) is 11.5 Å². The lowest BCUT2D eigenvalue weighted by atomic mass is 10.0. The van der Waals surface area contributed by atoms with Gasteiger partial charge in [-0.2, -0.15) is 4.31 Å². The molecule has 2 aromatic carbocycles. The summed E-state index contributed by atoms with van der Waals surface area (Å²) in [5.41, 5.74) is 1.69. The summed E-state index contributed by atoms with van der Waals surface area (Å²) >= 11 is 0. The standard InChI is InChI=1S/C24H29N3O6S/c28-24(25-19-4-6-20(7-5-19)34(29,30)27-10-12-31-13-11-27)17-26-9-1-2-21(26)18-3-8-22-23(16-18)33-15-14-32-22/h3-8,16,21H,1-2,9-15,17H2,(H,25,28)/t21-/m0/s1. The summed E-state index contributed by atoms with van der Waals surface area (Å²) in [4.78, 5) is 15.1. The highest BCUT2D eigenvalue weighted by Crippen LogP contribution is 2.38. The summed E-state index contributed by atoms with van der Waals surface area (Å²) in [6.07, 6.45) is 1.99. The summed E-state index contributed by atoms with van der Waals surface area (Å²) in [6, 6.07) is 12.5. The number of carbonyl (C=O) groups is 1. The number of fused-ring (bicyclic) bond motifs is 1. The smallest absolute Gasteiger partial charge is 0.243 e. The Morgan fingerprint density at radius 3 is 2.44 bits per heavy atom. The Morgan fingerprint density at radius 1 is 0.941 bits per heavy atom. The number of sulfonamides is 1. The second kappa shape index (κ2) is 9.91. The molecule has 10 heteroatoms. The van der Waals surface area contributed by atoms with Crippen molar-refractivity contribution in [2.24, 2.45) is 0 Å². The van der Waals surface area contributed by atoms with Gasteiger partial charge in [0.2, 0.25) is 15.9 Å². The van der Waals surface area contributed by atoms with Crippen molar-refractivity contribution < 1.29 is 27.4 Å². The molecule has 0 aliphatic carbocycles. The van der Waals surface area contributed by atoms with Crippen molar-refractivity contribution in [3.05, 3.63) is 48.0 Å². The number of likely N-dealkylation sites (tertiary alicyclic amines) is 1. The normalized spacial score (nSPS) is 21.4. The molecule has 0 radical (unpaired) electrons. The van der Waals surface area contributed by atoms with Crippen LogP contribution in [0.25, 0.3) is 0 Å². The molecule has 5 rings (SSSR count). The first-order valence-electron chi connectivity index (χ1n) is 11.6. The van der Waals surface area contributed by atoms with Gasteiger partial charge in [-0.3, -0.25) is 9.69 Å². The molecule has 3 heterocycles. The molecule has 2 saturated heterocycles. The fraction of sp³-hybridized carbons (Fsp3) is 0.458. The predicted molar refractivity (Wildman–Crippen MR) is 126 cm³/mol. The topological polar surface area (TPSA) is 97.4 Å². The van der Waals surface area contributed by atoms with Crippen molar-refractivity contribution in [1.82, 2.24) is 9.21 Å². The molecule has 0 unspecified atom stereocenters. The molecule has 2 fully saturated rings. The number of carbonyl (C=O) groups excluding carboxylic acids is 1. The molecule has 9 nitrogen and oxygen atoms in total. The maximum atomic E-state index is 12.8. The van der Waals surface area contributed by atoms with E-state index in [4.69, 9.17) is 14.2 Å². The van der Waals surface area contributed by atoms with Crippen LogP contribution in [0.2, 0.25) is 0 Å². The maximum Gasteiger partial charge on any atom is 0.243 e. The van der Waals surface area contributed by atoms with Gasteiger partial charge < -0.3 is 19.5 Å². The molecule has 3 aliphatic rings. The minimum atomic E-state index is -3.56. The van der Waals surface area contributed by atoms with E-state index in [2.05, 4.69) is 10.2 Å². The molecule has 0 spiro atoms. The molecular weight excluding hydrogens is 458 g/mol. The van der Waals surface area contributed by atoms with Crippen LogP contribution in [-0.2, 0) is 19.6 Å². The Morgan fingerprint density at radius 2 is 1.68 bits per heavy atom. The lowest BCUT2D eigenvalue weighted by Crippen LogP contribution is -2.40. The molecule has 1 atom stereocenters. The predicted octanol–water partition coefficient (Wildman–Crippen LogP) is 2.25. The van der Waals surface area contributed by atoms with E-state index in [-0.39, 0.29) is 23.4 Å². The summed E-state index contributed by atoms with van der Waals surface area (Å²) in [5.74, 6) is 1.39. The summed E-state index contributed by atoms with van der Waals surface area (Å²) in [7, 11) is -3.56. The van der Waals surface area contributed by atoms with Crippen LogP contribution in [0.5, 0.6) is 11.5 Å². The number of hydrogen-bond acceptors (Lipinski definition) is 7. The highest BCUT2D eigenvalue weighted by molar-refractivity contribution is 7.89. The van der Waals surface area contributed by atoms with Gasteiger partial charge in [-0.15, -0.1) is 0 Å². The van der Waals surface area contributed by atoms with E-state index < -0.39 is 10.0 Å². The van der Waals surface area contributed by atoms with Crippen molar-refractivity contribution >= 4 is 21.6 Å². The third-order valence-electron chi connectivity index (χ3n) is 6.41. The molecule has 1 amide bonds. The Labute approximate surface area is 199 Å². The van der Waals surface area contributed by atoms with Crippen molar-refractivity contribution in [3.8, 4) is 11.5 Å². The number of nitrogens with zero attached hydrogens (tertiary/aromatic N) is 2. The highest BCUT2D eigenvalue weighted by Gasteiger charge is 2.29. The molecule has 0 saturated carbocycles. The van der Waals surface area contributed by atoms with Crippen LogP contribution >= 0.6 is 0 Å². The zero-order valence-electron chi connectivity index (χ0n) is 18.9. The van der Waals surface area contributed by atoms with Crippen molar-refractivity contribution in [1.29, 1.82) is 0 Å². The molecule has 34 heavy (non-hydrogen) atoms. The Bertz CT molecular complexity index is 1130. The van der Waals surface area contributed by atoms with Crippen molar-refractivity contribution in [3.63, 3.8) is 0 Å². The number of rotatable bonds is 6. The monoisotopic (exact) mass is 487 g/mol. The van der Waals surface area contributed by atoms with Crippen LogP contribution in [0.4, 0.5) is 5.69 Å². The van der Waals surface area contributed by atoms with Crippen LogP contribution in [-0.4, -0.2) is 76.1 Å². The number of anilines is 1. The first kappa shape index (κ1) is 23.1. The maximum absolute atomic E-state index is 12.8. The Hall–Kier alpha value is -2.66.